The normalized spacial score (nSPS) is 28.4. The first-order valence-corrected chi connectivity index (χ1v) is 8.81. The van der Waals surface area contributed by atoms with Gasteiger partial charge in [0, 0.05) is 43.9 Å². The molecule has 0 aromatic carbocycles. The Kier molecular flexibility index (Phi) is 5.40. The van der Waals surface area contributed by atoms with E-state index >= 15 is 0 Å². The molecule has 3 rings (SSSR count). The number of hydrogen-bond acceptors (Lipinski definition) is 4. The standard InChI is InChI=1S/C17H29N5O2/c1-4-18-16(19-12-17(2)5-7-23-13-17)22-6-8-24-15(11-22)14-9-20-21(3)10-14/h9-10,15H,4-8,11-13H2,1-3H3,(H,18,19). The lowest BCUT2D eigenvalue weighted by atomic mass is 9.90. The van der Waals surface area contributed by atoms with E-state index in [1.54, 1.807) is 0 Å². The Labute approximate surface area is 144 Å². The second-order valence-electron chi connectivity index (χ2n) is 7.04. The third-order valence-corrected chi connectivity index (χ3v) is 4.71. The summed E-state index contributed by atoms with van der Waals surface area (Å²) >= 11 is 0. The summed E-state index contributed by atoms with van der Waals surface area (Å²) in [4.78, 5) is 7.19. The molecule has 0 bridgehead atoms. The zero-order valence-electron chi connectivity index (χ0n) is 15.0. The summed E-state index contributed by atoms with van der Waals surface area (Å²) in [6.07, 6.45) is 5.03. The van der Waals surface area contributed by atoms with Crippen LogP contribution < -0.4 is 5.32 Å². The summed E-state index contributed by atoms with van der Waals surface area (Å²) in [5.74, 6) is 0.975. The van der Waals surface area contributed by atoms with E-state index in [2.05, 4.69) is 29.2 Å². The first-order valence-electron chi connectivity index (χ1n) is 8.81. The highest BCUT2D eigenvalue weighted by Crippen LogP contribution is 2.28. The molecule has 2 saturated heterocycles. The fourth-order valence-corrected chi connectivity index (χ4v) is 3.18. The van der Waals surface area contributed by atoms with Crippen LogP contribution >= 0.6 is 0 Å². The first kappa shape index (κ1) is 17.2. The van der Waals surface area contributed by atoms with Crippen molar-refractivity contribution in [1.82, 2.24) is 20.0 Å². The Morgan fingerprint density at radius 2 is 2.38 bits per heavy atom. The van der Waals surface area contributed by atoms with Crippen LogP contribution in [-0.2, 0) is 16.5 Å². The minimum atomic E-state index is 0.0432. The fraction of sp³-hybridized carbons (Fsp3) is 0.765. The Morgan fingerprint density at radius 3 is 3.04 bits per heavy atom. The molecule has 2 unspecified atom stereocenters. The first-order chi connectivity index (χ1) is 11.6. The molecule has 7 heteroatoms. The zero-order valence-corrected chi connectivity index (χ0v) is 15.0. The van der Waals surface area contributed by atoms with Gasteiger partial charge in [-0.2, -0.15) is 5.10 Å². The molecule has 1 N–H and O–H groups in total. The molecule has 2 atom stereocenters. The third kappa shape index (κ3) is 4.08. The van der Waals surface area contributed by atoms with Gasteiger partial charge in [0.1, 0.15) is 6.10 Å². The highest BCUT2D eigenvalue weighted by atomic mass is 16.5. The average Bonchev–Trinajstić information content (AvgIpc) is 3.21. The largest absolute Gasteiger partial charge is 0.381 e. The van der Waals surface area contributed by atoms with E-state index in [1.165, 1.54) is 0 Å². The monoisotopic (exact) mass is 335 g/mol. The predicted octanol–water partition coefficient (Wildman–Crippen LogP) is 1.19. The minimum Gasteiger partial charge on any atom is -0.381 e. The summed E-state index contributed by atoms with van der Waals surface area (Å²) in [5.41, 5.74) is 1.28. The summed E-state index contributed by atoms with van der Waals surface area (Å²) in [5, 5.41) is 7.68. The van der Waals surface area contributed by atoms with Crippen LogP contribution in [0.2, 0.25) is 0 Å². The van der Waals surface area contributed by atoms with Crippen molar-refractivity contribution in [2.45, 2.75) is 26.4 Å². The number of nitrogens with one attached hydrogen (secondary N) is 1. The molecule has 2 aliphatic rings. The van der Waals surface area contributed by atoms with Crippen molar-refractivity contribution in [3.63, 3.8) is 0 Å². The van der Waals surface area contributed by atoms with Gasteiger partial charge in [0.2, 0.25) is 0 Å². The van der Waals surface area contributed by atoms with Crippen molar-refractivity contribution in [3.8, 4) is 0 Å². The molecule has 2 aliphatic heterocycles. The predicted molar refractivity (Wildman–Crippen MR) is 93.0 cm³/mol. The lowest BCUT2D eigenvalue weighted by molar-refractivity contribution is -0.00811. The van der Waals surface area contributed by atoms with Gasteiger partial charge in [0.05, 0.1) is 32.5 Å². The highest BCUT2D eigenvalue weighted by Gasteiger charge is 2.30. The SMILES string of the molecule is CCNC(=NCC1(C)CCOC1)N1CCOC(c2cnn(C)c2)C1. The van der Waals surface area contributed by atoms with E-state index < -0.39 is 0 Å². The molecule has 0 saturated carbocycles. The number of aromatic nitrogens is 2. The molecular weight excluding hydrogens is 306 g/mol. The number of aliphatic imine (C=N–C) groups is 1. The molecule has 24 heavy (non-hydrogen) atoms. The molecular formula is C17H29N5O2. The zero-order chi connectivity index (χ0) is 17.0. The second-order valence-corrected chi connectivity index (χ2v) is 7.04. The Morgan fingerprint density at radius 1 is 1.50 bits per heavy atom. The van der Waals surface area contributed by atoms with Crippen molar-refractivity contribution < 1.29 is 9.47 Å². The van der Waals surface area contributed by atoms with E-state index in [1.807, 2.05) is 24.1 Å². The third-order valence-electron chi connectivity index (χ3n) is 4.71. The van der Waals surface area contributed by atoms with Crippen molar-refractivity contribution in [2.75, 3.05) is 46.0 Å². The van der Waals surface area contributed by atoms with Crippen LogP contribution in [0.3, 0.4) is 0 Å². The maximum atomic E-state index is 5.94. The molecule has 1 aromatic heterocycles. The molecule has 1 aromatic rings. The van der Waals surface area contributed by atoms with E-state index in [-0.39, 0.29) is 11.5 Å². The van der Waals surface area contributed by atoms with Gasteiger partial charge in [0.15, 0.2) is 5.96 Å². The minimum absolute atomic E-state index is 0.0432. The molecule has 3 heterocycles. The average molecular weight is 335 g/mol. The van der Waals surface area contributed by atoms with Gasteiger partial charge in [-0.3, -0.25) is 9.67 Å². The van der Waals surface area contributed by atoms with E-state index in [0.717, 1.165) is 57.3 Å². The molecule has 2 fully saturated rings. The molecule has 0 aliphatic carbocycles. The van der Waals surface area contributed by atoms with Gasteiger partial charge in [-0.25, -0.2) is 0 Å². The van der Waals surface area contributed by atoms with Crippen LogP contribution in [0.4, 0.5) is 0 Å². The number of guanidine groups is 1. The van der Waals surface area contributed by atoms with Crippen molar-refractivity contribution in [3.05, 3.63) is 18.0 Å². The van der Waals surface area contributed by atoms with Gasteiger partial charge >= 0.3 is 0 Å². The number of hydrogen-bond donors (Lipinski definition) is 1. The number of nitrogens with zero attached hydrogens (tertiary/aromatic N) is 4. The van der Waals surface area contributed by atoms with Gasteiger partial charge in [-0.05, 0) is 13.3 Å². The molecule has 134 valence electrons. The van der Waals surface area contributed by atoms with Gasteiger partial charge < -0.3 is 19.7 Å². The molecule has 0 spiro atoms. The topological polar surface area (TPSA) is 63.9 Å². The van der Waals surface area contributed by atoms with Crippen molar-refractivity contribution in [1.29, 1.82) is 0 Å². The highest BCUT2D eigenvalue weighted by molar-refractivity contribution is 5.80. The van der Waals surface area contributed by atoms with Crippen molar-refractivity contribution >= 4 is 5.96 Å². The van der Waals surface area contributed by atoms with E-state index in [0.29, 0.717) is 6.61 Å². The van der Waals surface area contributed by atoms with Crippen LogP contribution in [0.25, 0.3) is 0 Å². The molecule has 0 amide bonds. The van der Waals surface area contributed by atoms with Crippen molar-refractivity contribution in [2.24, 2.45) is 17.5 Å². The smallest absolute Gasteiger partial charge is 0.194 e. The Hall–Kier alpha value is -1.60. The quantitative estimate of drug-likeness (QED) is 0.661. The maximum absolute atomic E-state index is 5.94. The van der Waals surface area contributed by atoms with E-state index in [4.69, 9.17) is 14.5 Å². The van der Waals surface area contributed by atoms with Crippen LogP contribution in [0.1, 0.15) is 31.9 Å². The maximum Gasteiger partial charge on any atom is 0.194 e. The van der Waals surface area contributed by atoms with Crippen LogP contribution in [-0.4, -0.2) is 66.6 Å². The van der Waals surface area contributed by atoms with Crippen LogP contribution in [0.15, 0.2) is 17.4 Å². The Balaban J connectivity index is 1.68. The number of aryl methyl sites for hydroxylation is 1. The van der Waals surface area contributed by atoms with Gasteiger partial charge in [-0.15, -0.1) is 0 Å². The van der Waals surface area contributed by atoms with Gasteiger partial charge in [0.25, 0.3) is 0 Å². The lowest BCUT2D eigenvalue weighted by Crippen LogP contribution is -2.48. The number of morpholine rings is 1. The van der Waals surface area contributed by atoms with Gasteiger partial charge in [-0.1, -0.05) is 6.92 Å². The molecule has 0 radical (unpaired) electrons. The number of rotatable bonds is 4. The fourth-order valence-electron chi connectivity index (χ4n) is 3.18. The lowest BCUT2D eigenvalue weighted by Gasteiger charge is -2.35. The van der Waals surface area contributed by atoms with Crippen LogP contribution in [0.5, 0.6) is 0 Å². The summed E-state index contributed by atoms with van der Waals surface area (Å²) in [6.45, 7) is 10.0. The summed E-state index contributed by atoms with van der Waals surface area (Å²) < 4.78 is 13.3. The van der Waals surface area contributed by atoms with E-state index in [9.17, 15) is 0 Å². The number of ether oxygens (including phenoxy) is 2. The molecule has 7 nitrogen and oxygen atoms in total. The second kappa shape index (κ2) is 7.53. The van der Waals surface area contributed by atoms with Crippen LogP contribution in [0, 0.1) is 5.41 Å². The summed E-state index contributed by atoms with van der Waals surface area (Å²) in [7, 11) is 1.93. The summed E-state index contributed by atoms with van der Waals surface area (Å²) in [6, 6.07) is 0. The Bertz CT molecular complexity index is 565.